The normalized spacial score (nSPS) is 11.1. The lowest BCUT2D eigenvalue weighted by Gasteiger charge is -2.12. The number of aryl methyl sites for hydroxylation is 3. The van der Waals surface area contributed by atoms with Gasteiger partial charge >= 0.3 is 0 Å². The second-order valence-corrected chi connectivity index (χ2v) is 6.82. The lowest BCUT2D eigenvalue weighted by Crippen LogP contribution is -2.03. The maximum atomic E-state index is 5.13. The van der Waals surface area contributed by atoms with E-state index >= 15 is 0 Å². The SMILES string of the molecule is CCCCCCCCCCc1c(C)cc(CCCOC)nc1C. The standard InChI is InChI=1S/C21H37NO/c1-5-6-7-8-9-10-11-12-15-21-18(2)17-20(22-19(21)3)14-13-16-23-4/h17H,5-16H2,1-4H3. The van der Waals surface area contributed by atoms with Crippen molar-refractivity contribution in [3.63, 3.8) is 0 Å². The van der Waals surface area contributed by atoms with Gasteiger partial charge in [0.1, 0.15) is 0 Å². The lowest BCUT2D eigenvalue weighted by atomic mass is 9.98. The second-order valence-electron chi connectivity index (χ2n) is 6.82. The predicted molar refractivity (Wildman–Crippen MR) is 100 cm³/mol. The molecule has 23 heavy (non-hydrogen) atoms. The van der Waals surface area contributed by atoms with Gasteiger partial charge in [-0.2, -0.15) is 0 Å². The van der Waals surface area contributed by atoms with Gasteiger partial charge in [0, 0.05) is 25.1 Å². The van der Waals surface area contributed by atoms with Crippen molar-refractivity contribution in [3.8, 4) is 0 Å². The fourth-order valence-corrected chi connectivity index (χ4v) is 3.28. The molecule has 0 aliphatic heterocycles. The van der Waals surface area contributed by atoms with E-state index in [1.54, 1.807) is 7.11 Å². The minimum absolute atomic E-state index is 0.819. The first-order valence-corrected chi connectivity index (χ1v) is 9.64. The van der Waals surface area contributed by atoms with Crippen LogP contribution in [0.15, 0.2) is 6.07 Å². The minimum atomic E-state index is 0.819. The van der Waals surface area contributed by atoms with Crippen molar-refractivity contribution in [2.24, 2.45) is 0 Å². The van der Waals surface area contributed by atoms with Crippen LogP contribution < -0.4 is 0 Å². The quantitative estimate of drug-likeness (QED) is 0.418. The van der Waals surface area contributed by atoms with Gasteiger partial charge in [-0.05, 0) is 56.7 Å². The largest absolute Gasteiger partial charge is 0.385 e. The fraction of sp³-hybridized carbons (Fsp3) is 0.762. The molecule has 1 rings (SSSR count). The van der Waals surface area contributed by atoms with Crippen LogP contribution in [0.3, 0.4) is 0 Å². The topological polar surface area (TPSA) is 22.1 Å². The van der Waals surface area contributed by atoms with Crippen LogP contribution in [0.4, 0.5) is 0 Å². The Labute approximate surface area is 144 Å². The molecule has 1 aromatic heterocycles. The van der Waals surface area contributed by atoms with Crippen molar-refractivity contribution in [3.05, 3.63) is 28.6 Å². The molecule has 2 nitrogen and oxygen atoms in total. The van der Waals surface area contributed by atoms with E-state index < -0.39 is 0 Å². The first-order valence-electron chi connectivity index (χ1n) is 9.64. The summed E-state index contributed by atoms with van der Waals surface area (Å²) in [5.41, 5.74) is 5.36. The number of ether oxygens (including phenoxy) is 1. The molecule has 0 radical (unpaired) electrons. The highest BCUT2D eigenvalue weighted by atomic mass is 16.5. The Morgan fingerprint density at radius 2 is 1.52 bits per heavy atom. The monoisotopic (exact) mass is 319 g/mol. The summed E-state index contributed by atoms with van der Waals surface area (Å²) in [4.78, 5) is 4.80. The highest BCUT2D eigenvalue weighted by Gasteiger charge is 2.07. The van der Waals surface area contributed by atoms with E-state index in [1.165, 1.54) is 80.3 Å². The van der Waals surface area contributed by atoms with E-state index in [0.29, 0.717) is 0 Å². The molecule has 0 amide bonds. The van der Waals surface area contributed by atoms with Crippen LogP contribution in [-0.2, 0) is 17.6 Å². The summed E-state index contributed by atoms with van der Waals surface area (Å²) in [5, 5.41) is 0. The fourth-order valence-electron chi connectivity index (χ4n) is 3.28. The van der Waals surface area contributed by atoms with E-state index in [1.807, 2.05) is 0 Å². The maximum Gasteiger partial charge on any atom is 0.0466 e. The molecule has 0 bridgehead atoms. The summed E-state index contributed by atoms with van der Waals surface area (Å²) in [6, 6.07) is 2.28. The third kappa shape index (κ3) is 8.50. The number of methoxy groups -OCH3 is 1. The highest BCUT2D eigenvalue weighted by Crippen LogP contribution is 2.18. The van der Waals surface area contributed by atoms with Gasteiger partial charge in [-0.15, -0.1) is 0 Å². The summed E-state index contributed by atoms with van der Waals surface area (Å²) < 4.78 is 5.13. The smallest absolute Gasteiger partial charge is 0.0466 e. The van der Waals surface area contributed by atoms with Gasteiger partial charge in [0.2, 0.25) is 0 Å². The molecule has 0 spiro atoms. The Bertz CT molecular complexity index is 405. The van der Waals surface area contributed by atoms with Gasteiger partial charge in [-0.1, -0.05) is 51.9 Å². The average Bonchev–Trinajstić information content (AvgIpc) is 2.52. The van der Waals surface area contributed by atoms with Crippen LogP contribution in [0.25, 0.3) is 0 Å². The van der Waals surface area contributed by atoms with Gasteiger partial charge in [0.05, 0.1) is 0 Å². The van der Waals surface area contributed by atoms with E-state index in [2.05, 4.69) is 26.8 Å². The number of aromatic nitrogens is 1. The second kappa shape index (κ2) is 12.5. The van der Waals surface area contributed by atoms with Crippen molar-refractivity contribution in [2.45, 2.75) is 91.4 Å². The Balaban J connectivity index is 2.30. The van der Waals surface area contributed by atoms with E-state index in [-0.39, 0.29) is 0 Å². The molecule has 1 heterocycles. The molecule has 1 aromatic rings. The van der Waals surface area contributed by atoms with Crippen molar-refractivity contribution < 1.29 is 4.74 Å². The molecule has 0 aliphatic carbocycles. The van der Waals surface area contributed by atoms with Crippen LogP contribution in [0, 0.1) is 13.8 Å². The Hall–Kier alpha value is -0.890. The van der Waals surface area contributed by atoms with Crippen molar-refractivity contribution in [1.29, 1.82) is 0 Å². The molecule has 0 saturated carbocycles. The summed E-state index contributed by atoms with van der Waals surface area (Å²) in [7, 11) is 1.76. The maximum absolute atomic E-state index is 5.13. The molecule has 0 saturated heterocycles. The third-order valence-electron chi connectivity index (χ3n) is 4.67. The van der Waals surface area contributed by atoms with Crippen LogP contribution in [0.1, 0.15) is 87.2 Å². The zero-order valence-corrected chi connectivity index (χ0v) is 15.9. The highest BCUT2D eigenvalue weighted by molar-refractivity contribution is 5.31. The molecular formula is C21H37NO. The van der Waals surface area contributed by atoms with Crippen molar-refractivity contribution >= 4 is 0 Å². The van der Waals surface area contributed by atoms with Crippen molar-refractivity contribution in [1.82, 2.24) is 4.98 Å². The zero-order chi connectivity index (χ0) is 16.9. The van der Waals surface area contributed by atoms with E-state index in [0.717, 1.165) is 19.4 Å². The summed E-state index contributed by atoms with van der Waals surface area (Å²) in [5.74, 6) is 0. The summed E-state index contributed by atoms with van der Waals surface area (Å²) in [6.07, 6.45) is 14.3. The summed E-state index contributed by atoms with van der Waals surface area (Å²) in [6.45, 7) is 7.52. The number of pyridine rings is 1. The first-order chi connectivity index (χ1) is 11.2. The molecule has 0 N–H and O–H groups in total. The van der Waals surface area contributed by atoms with E-state index in [4.69, 9.17) is 9.72 Å². The molecule has 0 unspecified atom stereocenters. The van der Waals surface area contributed by atoms with Gasteiger partial charge in [-0.25, -0.2) is 0 Å². The minimum Gasteiger partial charge on any atom is -0.385 e. The molecule has 0 atom stereocenters. The molecule has 132 valence electrons. The van der Waals surface area contributed by atoms with Gasteiger partial charge in [0.25, 0.3) is 0 Å². The molecule has 2 heteroatoms. The van der Waals surface area contributed by atoms with Crippen LogP contribution in [0.2, 0.25) is 0 Å². The summed E-state index contributed by atoms with van der Waals surface area (Å²) >= 11 is 0. The lowest BCUT2D eigenvalue weighted by molar-refractivity contribution is 0.195. The number of hydrogen-bond acceptors (Lipinski definition) is 2. The Morgan fingerprint density at radius 1 is 0.870 bits per heavy atom. The molecular weight excluding hydrogens is 282 g/mol. The van der Waals surface area contributed by atoms with E-state index in [9.17, 15) is 0 Å². The Kier molecular flexibility index (Phi) is 11.0. The van der Waals surface area contributed by atoms with Crippen molar-refractivity contribution in [2.75, 3.05) is 13.7 Å². The number of hydrogen-bond donors (Lipinski definition) is 0. The first kappa shape index (κ1) is 20.2. The van der Waals surface area contributed by atoms with Crippen LogP contribution in [0.5, 0.6) is 0 Å². The van der Waals surface area contributed by atoms with Gasteiger partial charge < -0.3 is 4.74 Å². The molecule has 0 aliphatic rings. The predicted octanol–water partition coefficient (Wildman–Crippen LogP) is 5.96. The van der Waals surface area contributed by atoms with Gasteiger partial charge in [-0.3, -0.25) is 4.98 Å². The molecule has 0 aromatic carbocycles. The zero-order valence-electron chi connectivity index (χ0n) is 15.9. The molecule has 0 fully saturated rings. The number of nitrogens with zero attached hydrogens (tertiary/aromatic N) is 1. The number of unbranched alkanes of at least 4 members (excludes halogenated alkanes) is 7. The van der Waals surface area contributed by atoms with Crippen LogP contribution in [-0.4, -0.2) is 18.7 Å². The Morgan fingerprint density at radius 3 is 2.13 bits per heavy atom. The van der Waals surface area contributed by atoms with Gasteiger partial charge in [0.15, 0.2) is 0 Å². The average molecular weight is 320 g/mol. The van der Waals surface area contributed by atoms with Crippen LogP contribution >= 0.6 is 0 Å². The number of rotatable bonds is 13. The third-order valence-corrected chi connectivity index (χ3v) is 4.67.